The maximum Gasteiger partial charge on any atom is 0.231 e. The predicted octanol–water partition coefficient (Wildman–Crippen LogP) is 3.18. The van der Waals surface area contributed by atoms with E-state index < -0.39 is 0 Å². The third kappa shape index (κ3) is 2.97. The largest absolute Gasteiger partial charge is 0.454 e. The standard InChI is InChI=1S/C16H16N2O2S/c1-21-16(17)18-15(11-5-3-2-4-6-11)12-7-8-13-14(9-12)20-10-19-13/h2-9,15H,10H2,1H3,(H2,17,18). The Bertz CT molecular complexity index is 659. The van der Waals surface area contributed by atoms with Crippen LogP contribution in [0.3, 0.4) is 0 Å². The highest BCUT2D eigenvalue weighted by atomic mass is 32.2. The second-order valence-corrected chi connectivity index (χ2v) is 5.42. The molecule has 0 saturated heterocycles. The van der Waals surface area contributed by atoms with Gasteiger partial charge in [-0.3, -0.25) is 0 Å². The number of hydrogen-bond acceptors (Lipinski definition) is 4. The summed E-state index contributed by atoms with van der Waals surface area (Å²) in [5.41, 5.74) is 8.04. The molecular formula is C16H16N2O2S. The number of benzene rings is 2. The minimum Gasteiger partial charge on any atom is -0.454 e. The van der Waals surface area contributed by atoms with Gasteiger partial charge in [-0.05, 0) is 29.5 Å². The fourth-order valence-electron chi connectivity index (χ4n) is 2.24. The smallest absolute Gasteiger partial charge is 0.231 e. The molecule has 5 heteroatoms. The van der Waals surface area contributed by atoms with Crippen molar-refractivity contribution >= 4 is 16.9 Å². The van der Waals surface area contributed by atoms with Gasteiger partial charge in [0.1, 0.15) is 6.04 Å². The van der Waals surface area contributed by atoms with Crippen LogP contribution in [-0.2, 0) is 0 Å². The third-order valence-corrected chi connectivity index (χ3v) is 3.82. The van der Waals surface area contributed by atoms with Gasteiger partial charge in [0.15, 0.2) is 16.7 Å². The van der Waals surface area contributed by atoms with Crippen molar-refractivity contribution in [1.82, 2.24) is 0 Å². The van der Waals surface area contributed by atoms with Crippen LogP contribution in [0, 0.1) is 0 Å². The Morgan fingerprint density at radius 3 is 2.62 bits per heavy atom. The van der Waals surface area contributed by atoms with Crippen molar-refractivity contribution in [3.63, 3.8) is 0 Å². The molecule has 3 rings (SSSR count). The summed E-state index contributed by atoms with van der Waals surface area (Å²) >= 11 is 1.44. The SMILES string of the molecule is CSC(N)=NC(c1ccccc1)c1ccc2c(c1)OCO2. The summed E-state index contributed by atoms with van der Waals surface area (Å²) in [7, 11) is 0. The molecule has 0 radical (unpaired) electrons. The molecule has 0 spiro atoms. The summed E-state index contributed by atoms with van der Waals surface area (Å²) in [6, 6.07) is 15.8. The van der Waals surface area contributed by atoms with Gasteiger partial charge in [-0.2, -0.15) is 0 Å². The molecule has 1 unspecified atom stereocenters. The van der Waals surface area contributed by atoms with Crippen LogP contribution in [0.4, 0.5) is 0 Å². The van der Waals surface area contributed by atoms with Gasteiger partial charge in [-0.1, -0.05) is 48.2 Å². The van der Waals surface area contributed by atoms with Crippen molar-refractivity contribution in [2.75, 3.05) is 13.0 Å². The van der Waals surface area contributed by atoms with Gasteiger partial charge in [0.25, 0.3) is 0 Å². The molecule has 0 bridgehead atoms. The molecular weight excluding hydrogens is 284 g/mol. The Balaban J connectivity index is 2.03. The highest BCUT2D eigenvalue weighted by Gasteiger charge is 2.19. The van der Waals surface area contributed by atoms with E-state index in [9.17, 15) is 0 Å². The molecule has 2 aromatic rings. The zero-order chi connectivity index (χ0) is 14.7. The molecule has 0 fully saturated rings. The van der Waals surface area contributed by atoms with Crippen molar-refractivity contribution in [3.05, 3.63) is 59.7 Å². The van der Waals surface area contributed by atoms with E-state index in [-0.39, 0.29) is 12.8 Å². The Morgan fingerprint density at radius 1 is 1.10 bits per heavy atom. The molecule has 2 aromatic carbocycles. The van der Waals surface area contributed by atoms with Gasteiger partial charge >= 0.3 is 0 Å². The number of rotatable bonds is 3. The Labute approximate surface area is 128 Å². The third-order valence-electron chi connectivity index (χ3n) is 3.29. The van der Waals surface area contributed by atoms with Crippen LogP contribution in [0.25, 0.3) is 0 Å². The van der Waals surface area contributed by atoms with E-state index in [2.05, 4.69) is 4.99 Å². The van der Waals surface area contributed by atoms with E-state index in [1.165, 1.54) is 11.8 Å². The second kappa shape index (κ2) is 6.10. The minimum absolute atomic E-state index is 0.145. The van der Waals surface area contributed by atoms with Crippen molar-refractivity contribution in [3.8, 4) is 11.5 Å². The lowest BCUT2D eigenvalue weighted by atomic mass is 9.99. The molecule has 108 valence electrons. The van der Waals surface area contributed by atoms with Crippen LogP contribution in [0.15, 0.2) is 53.5 Å². The maximum absolute atomic E-state index is 5.92. The van der Waals surface area contributed by atoms with Crippen LogP contribution < -0.4 is 15.2 Å². The number of ether oxygens (including phenoxy) is 2. The highest BCUT2D eigenvalue weighted by molar-refractivity contribution is 8.13. The first kappa shape index (κ1) is 13.8. The molecule has 2 N–H and O–H groups in total. The number of amidine groups is 1. The van der Waals surface area contributed by atoms with Gasteiger partial charge in [0, 0.05) is 0 Å². The summed E-state index contributed by atoms with van der Waals surface area (Å²) in [6.07, 6.45) is 1.92. The average Bonchev–Trinajstić information content (AvgIpc) is 3.00. The number of hydrogen-bond donors (Lipinski definition) is 1. The lowest BCUT2D eigenvalue weighted by Gasteiger charge is -2.15. The van der Waals surface area contributed by atoms with Crippen LogP contribution in [-0.4, -0.2) is 18.2 Å². The molecule has 0 saturated carbocycles. The first-order valence-electron chi connectivity index (χ1n) is 6.59. The fraction of sp³-hybridized carbons (Fsp3) is 0.188. The Morgan fingerprint density at radius 2 is 1.86 bits per heavy atom. The van der Waals surface area contributed by atoms with E-state index in [4.69, 9.17) is 15.2 Å². The van der Waals surface area contributed by atoms with E-state index >= 15 is 0 Å². The zero-order valence-corrected chi connectivity index (χ0v) is 12.5. The molecule has 1 heterocycles. The van der Waals surface area contributed by atoms with E-state index in [0.29, 0.717) is 5.17 Å². The van der Waals surface area contributed by atoms with Crippen molar-refractivity contribution in [2.45, 2.75) is 6.04 Å². The average molecular weight is 300 g/mol. The lowest BCUT2D eigenvalue weighted by Crippen LogP contribution is -2.09. The van der Waals surface area contributed by atoms with E-state index in [1.54, 1.807) is 0 Å². The number of thioether (sulfide) groups is 1. The summed E-state index contributed by atoms with van der Waals surface area (Å²) in [5, 5.41) is 0.557. The minimum atomic E-state index is -0.145. The summed E-state index contributed by atoms with van der Waals surface area (Å²) in [6.45, 7) is 0.269. The highest BCUT2D eigenvalue weighted by Crippen LogP contribution is 2.37. The molecule has 4 nitrogen and oxygen atoms in total. The maximum atomic E-state index is 5.92. The molecule has 1 aliphatic heterocycles. The predicted molar refractivity (Wildman–Crippen MR) is 86.0 cm³/mol. The van der Waals surface area contributed by atoms with Crippen LogP contribution in [0.2, 0.25) is 0 Å². The van der Waals surface area contributed by atoms with Gasteiger partial charge in [0.2, 0.25) is 6.79 Å². The van der Waals surface area contributed by atoms with Gasteiger partial charge < -0.3 is 15.2 Å². The topological polar surface area (TPSA) is 56.8 Å². The molecule has 0 aliphatic carbocycles. The zero-order valence-electron chi connectivity index (χ0n) is 11.7. The van der Waals surface area contributed by atoms with Crippen LogP contribution in [0.1, 0.15) is 17.2 Å². The second-order valence-electron chi connectivity index (χ2n) is 4.60. The van der Waals surface area contributed by atoms with Gasteiger partial charge in [0.05, 0.1) is 0 Å². The first-order chi connectivity index (χ1) is 10.3. The van der Waals surface area contributed by atoms with E-state index in [0.717, 1.165) is 22.6 Å². The number of nitrogens with zero attached hydrogens (tertiary/aromatic N) is 1. The molecule has 21 heavy (non-hydrogen) atoms. The summed E-state index contributed by atoms with van der Waals surface area (Å²) < 4.78 is 10.8. The molecule has 0 amide bonds. The summed E-state index contributed by atoms with van der Waals surface area (Å²) in [5.74, 6) is 1.53. The van der Waals surface area contributed by atoms with Crippen LogP contribution >= 0.6 is 11.8 Å². The molecule has 0 aromatic heterocycles. The molecule has 1 atom stereocenters. The molecule has 1 aliphatic rings. The number of aliphatic imine (C=N–C) groups is 1. The van der Waals surface area contributed by atoms with Crippen molar-refractivity contribution in [2.24, 2.45) is 10.7 Å². The fourth-order valence-corrected chi connectivity index (χ4v) is 2.45. The Kier molecular flexibility index (Phi) is 4.01. The van der Waals surface area contributed by atoms with Crippen LogP contribution in [0.5, 0.6) is 11.5 Å². The Hall–Kier alpha value is -2.14. The van der Waals surface area contributed by atoms with Gasteiger partial charge in [-0.25, -0.2) is 4.99 Å². The van der Waals surface area contributed by atoms with E-state index in [1.807, 2.05) is 54.8 Å². The van der Waals surface area contributed by atoms with Gasteiger partial charge in [-0.15, -0.1) is 0 Å². The normalized spacial score (nSPS) is 15.0. The van der Waals surface area contributed by atoms with Crippen molar-refractivity contribution < 1.29 is 9.47 Å². The lowest BCUT2D eigenvalue weighted by molar-refractivity contribution is 0.174. The summed E-state index contributed by atoms with van der Waals surface area (Å²) in [4.78, 5) is 4.62. The number of fused-ring (bicyclic) bond motifs is 1. The monoisotopic (exact) mass is 300 g/mol. The first-order valence-corrected chi connectivity index (χ1v) is 7.82. The number of nitrogens with two attached hydrogens (primary N) is 1. The van der Waals surface area contributed by atoms with Crippen molar-refractivity contribution in [1.29, 1.82) is 0 Å². The quantitative estimate of drug-likeness (QED) is 0.698.